The predicted molar refractivity (Wildman–Crippen MR) is 229 cm³/mol. The van der Waals surface area contributed by atoms with Gasteiger partial charge in [-0.1, -0.05) is 152 Å². The summed E-state index contributed by atoms with van der Waals surface area (Å²) in [6.07, 6.45) is 0. The van der Waals surface area contributed by atoms with Gasteiger partial charge in [0.1, 0.15) is 11.2 Å². The monoisotopic (exact) mass is 716 g/mol. The molecule has 56 heavy (non-hydrogen) atoms. The van der Waals surface area contributed by atoms with Gasteiger partial charge < -0.3 is 8.98 Å². The van der Waals surface area contributed by atoms with Crippen LogP contribution in [-0.4, -0.2) is 19.5 Å². The molecule has 8 aromatic carbocycles. The Labute approximate surface area is 322 Å². The van der Waals surface area contributed by atoms with Gasteiger partial charge in [0.15, 0.2) is 17.5 Å². The summed E-state index contributed by atoms with van der Waals surface area (Å²) in [5, 5.41) is 4.37. The van der Waals surface area contributed by atoms with E-state index in [4.69, 9.17) is 19.4 Å². The number of nitrogens with zero attached hydrogens (tertiary/aromatic N) is 4. The first-order valence-corrected chi connectivity index (χ1v) is 18.8. The number of fused-ring (bicyclic) bond motifs is 6. The van der Waals surface area contributed by atoms with Gasteiger partial charge in [0.05, 0.1) is 11.0 Å². The molecule has 0 saturated carbocycles. The van der Waals surface area contributed by atoms with E-state index in [1.807, 2.05) is 72.8 Å². The van der Waals surface area contributed by atoms with Crippen LogP contribution in [-0.2, 0) is 0 Å². The van der Waals surface area contributed by atoms with Gasteiger partial charge in [-0.15, -0.1) is 0 Å². The highest BCUT2D eigenvalue weighted by atomic mass is 16.3. The Morgan fingerprint density at radius 3 is 1.61 bits per heavy atom. The maximum Gasteiger partial charge on any atom is 0.164 e. The van der Waals surface area contributed by atoms with Crippen LogP contribution in [0.4, 0.5) is 0 Å². The van der Waals surface area contributed by atoms with Crippen LogP contribution in [0.5, 0.6) is 0 Å². The molecule has 3 heterocycles. The average molecular weight is 717 g/mol. The smallest absolute Gasteiger partial charge is 0.164 e. The summed E-state index contributed by atoms with van der Waals surface area (Å²) in [4.78, 5) is 15.1. The molecule has 262 valence electrons. The topological polar surface area (TPSA) is 56.7 Å². The molecule has 5 nitrogen and oxygen atoms in total. The molecule has 3 aromatic heterocycles. The van der Waals surface area contributed by atoms with Crippen molar-refractivity contribution in [2.24, 2.45) is 0 Å². The molecule has 0 aliphatic carbocycles. The van der Waals surface area contributed by atoms with E-state index < -0.39 is 0 Å². The Bertz CT molecular complexity index is 3170. The zero-order valence-corrected chi connectivity index (χ0v) is 30.2. The van der Waals surface area contributed by atoms with Crippen molar-refractivity contribution in [3.63, 3.8) is 0 Å². The van der Waals surface area contributed by atoms with Crippen molar-refractivity contribution in [1.29, 1.82) is 0 Å². The Balaban J connectivity index is 1.18. The lowest BCUT2D eigenvalue weighted by Crippen LogP contribution is -2.00. The van der Waals surface area contributed by atoms with Gasteiger partial charge in [-0.3, -0.25) is 0 Å². The largest absolute Gasteiger partial charge is 0.456 e. The van der Waals surface area contributed by atoms with Crippen molar-refractivity contribution in [2.45, 2.75) is 0 Å². The van der Waals surface area contributed by atoms with Crippen LogP contribution in [0, 0.1) is 0 Å². The quantitative estimate of drug-likeness (QED) is 0.172. The van der Waals surface area contributed by atoms with Crippen LogP contribution in [0.1, 0.15) is 0 Å². The minimum Gasteiger partial charge on any atom is -0.456 e. The standard InChI is InChI=1S/C51H32N4O/c1-5-16-33(17-6-1)37-30-41(34-18-7-2-8-19-34)47-39-24-13-14-26-43(39)55(44(47)31-37)38-28-29-45-42(32-38)48-40(25-15-27-46(48)56-45)51-53-49(35-20-9-3-10-21-35)52-50(54-51)36-22-11-4-12-23-36/h1-32H. The fraction of sp³-hybridized carbons (Fsp3) is 0. The summed E-state index contributed by atoms with van der Waals surface area (Å²) in [6.45, 7) is 0. The SMILES string of the molecule is c1ccc(-c2cc(-c3ccccc3)c3c4ccccc4n(-c4ccc5oc6cccc(-c7nc(-c8ccccc8)nc(-c8ccccc8)n7)c6c5c4)c3c2)cc1. The molecule has 11 aromatic rings. The normalized spacial score (nSPS) is 11.6. The molecule has 0 bridgehead atoms. The zero-order chi connectivity index (χ0) is 37.0. The number of hydrogen-bond donors (Lipinski definition) is 0. The lowest BCUT2D eigenvalue weighted by Gasteiger charge is -2.12. The van der Waals surface area contributed by atoms with Crippen molar-refractivity contribution in [3.05, 3.63) is 194 Å². The molecular formula is C51H32N4O. The van der Waals surface area contributed by atoms with Gasteiger partial charge in [0, 0.05) is 43.9 Å². The maximum absolute atomic E-state index is 6.57. The number of hydrogen-bond acceptors (Lipinski definition) is 4. The molecule has 0 atom stereocenters. The molecule has 5 heteroatoms. The Morgan fingerprint density at radius 1 is 0.339 bits per heavy atom. The fourth-order valence-corrected chi connectivity index (χ4v) is 8.09. The third-order valence-corrected chi connectivity index (χ3v) is 10.6. The maximum atomic E-state index is 6.57. The van der Waals surface area contributed by atoms with Crippen LogP contribution < -0.4 is 0 Å². The van der Waals surface area contributed by atoms with E-state index in [2.05, 4.69) is 126 Å². The molecule has 0 N–H and O–H groups in total. The van der Waals surface area contributed by atoms with Crippen molar-refractivity contribution in [3.8, 4) is 62.1 Å². The second-order valence-electron chi connectivity index (χ2n) is 14.0. The van der Waals surface area contributed by atoms with Gasteiger partial charge in [-0.25, -0.2) is 15.0 Å². The van der Waals surface area contributed by atoms with E-state index >= 15 is 0 Å². The summed E-state index contributed by atoms with van der Waals surface area (Å²) in [5.74, 6) is 1.83. The lowest BCUT2D eigenvalue weighted by atomic mass is 9.94. The molecule has 0 spiro atoms. The minimum absolute atomic E-state index is 0.591. The van der Waals surface area contributed by atoms with Crippen molar-refractivity contribution in [1.82, 2.24) is 19.5 Å². The fourth-order valence-electron chi connectivity index (χ4n) is 8.09. The molecule has 0 aliphatic heterocycles. The van der Waals surface area contributed by atoms with Crippen molar-refractivity contribution >= 4 is 43.7 Å². The minimum atomic E-state index is 0.591. The summed E-state index contributed by atoms with van der Waals surface area (Å²) in [5.41, 5.74) is 12.3. The summed E-state index contributed by atoms with van der Waals surface area (Å²) < 4.78 is 8.96. The number of benzene rings is 8. The molecule has 0 radical (unpaired) electrons. The van der Waals surface area contributed by atoms with Crippen LogP contribution in [0.25, 0.3) is 106 Å². The van der Waals surface area contributed by atoms with Gasteiger partial charge in [0.25, 0.3) is 0 Å². The molecule has 0 unspecified atom stereocenters. The predicted octanol–water partition coefficient (Wildman–Crippen LogP) is 13.2. The first kappa shape index (κ1) is 31.9. The van der Waals surface area contributed by atoms with Crippen LogP contribution in [0.3, 0.4) is 0 Å². The average Bonchev–Trinajstić information content (AvgIpc) is 3.82. The first-order chi connectivity index (χ1) is 27.8. The van der Waals surface area contributed by atoms with E-state index in [0.717, 1.165) is 60.9 Å². The van der Waals surface area contributed by atoms with Crippen molar-refractivity contribution < 1.29 is 4.42 Å². The van der Waals surface area contributed by atoms with Gasteiger partial charge >= 0.3 is 0 Å². The second kappa shape index (κ2) is 13.0. The van der Waals surface area contributed by atoms with E-state index in [0.29, 0.717) is 17.5 Å². The second-order valence-corrected chi connectivity index (χ2v) is 14.0. The molecule has 0 amide bonds. The molecule has 0 saturated heterocycles. The van der Waals surface area contributed by atoms with Crippen LogP contribution in [0.2, 0.25) is 0 Å². The highest BCUT2D eigenvalue weighted by Gasteiger charge is 2.21. The lowest BCUT2D eigenvalue weighted by molar-refractivity contribution is 0.669. The highest BCUT2D eigenvalue weighted by molar-refractivity contribution is 6.18. The van der Waals surface area contributed by atoms with Crippen molar-refractivity contribution in [2.75, 3.05) is 0 Å². The Kier molecular flexibility index (Phi) is 7.42. The summed E-state index contributed by atoms with van der Waals surface area (Å²) in [7, 11) is 0. The van der Waals surface area contributed by atoms with Gasteiger partial charge in [0.2, 0.25) is 0 Å². The third kappa shape index (κ3) is 5.29. The number of aromatic nitrogens is 4. The first-order valence-electron chi connectivity index (χ1n) is 18.8. The van der Waals surface area contributed by atoms with Gasteiger partial charge in [-0.2, -0.15) is 0 Å². The van der Waals surface area contributed by atoms with Crippen LogP contribution in [0.15, 0.2) is 199 Å². The summed E-state index contributed by atoms with van der Waals surface area (Å²) in [6, 6.07) is 67.5. The number of para-hydroxylation sites is 1. The van der Waals surface area contributed by atoms with E-state index in [9.17, 15) is 0 Å². The van der Waals surface area contributed by atoms with E-state index in [1.165, 1.54) is 27.5 Å². The van der Waals surface area contributed by atoms with Gasteiger partial charge in [-0.05, 0) is 64.7 Å². The molecular weight excluding hydrogens is 685 g/mol. The Hall–Kier alpha value is -7.63. The molecule has 0 fully saturated rings. The third-order valence-electron chi connectivity index (χ3n) is 10.6. The van der Waals surface area contributed by atoms with E-state index in [1.54, 1.807) is 0 Å². The zero-order valence-electron chi connectivity index (χ0n) is 30.2. The molecule has 0 aliphatic rings. The van der Waals surface area contributed by atoms with Crippen LogP contribution >= 0.6 is 0 Å². The summed E-state index contributed by atoms with van der Waals surface area (Å²) >= 11 is 0. The highest BCUT2D eigenvalue weighted by Crippen LogP contribution is 2.43. The number of rotatable bonds is 6. The Morgan fingerprint density at radius 2 is 0.929 bits per heavy atom. The van der Waals surface area contributed by atoms with E-state index in [-0.39, 0.29) is 0 Å². The molecule has 11 rings (SSSR count). The number of furan rings is 1.